The Labute approximate surface area is 106 Å². The van der Waals surface area contributed by atoms with E-state index in [-0.39, 0.29) is 3.57 Å². The lowest BCUT2D eigenvalue weighted by Gasteiger charge is -2.11. The van der Waals surface area contributed by atoms with Crippen LogP contribution in [0, 0.1) is 13.7 Å². The first-order valence-corrected chi connectivity index (χ1v) is 4.96. The van der Waals surface area contributed by atoms with Gasteiger partial charge in [0.05, 0.1) is 18.2 Å². The summed E-state index contributed by atoms with van der Waals surface area (Å²) in [5, 5.41) is 10.7. The van der Waals surface area contributed by atoms with Crippen molar-refractivity contribution in [3.05, 3.63) is 19.9 Å². The highest BCUT2D eigenvalue weighted by Crippen LogP contribution is 2.40. The highest BCUT2D eigenvalue weighted by molar-refractivity contribution is 14.1. The zero-order valence-electron chi connectivity index (χ0n) is 8.12. The van der Waals surface area contributed by atoms with E-state index in [0.29, 0.717) is 0 Å². The van der Waals surface area contributed by atoms with Crippen molar-refractivity contribution in [3.8, 4) is 11.6 Å². The number of alkyl halides is 3. The zero-order valence-corrected chi connectivity index (χ0v) is 10.3. The third-order valence-electron chi connectivity index (χ3n) is 1.53. The molecule has 10 heteroatoms. The third-order valence-corrected chi connectivity index (χ3v) is 2.32. The Bertz CT molecular complexity index is 451. The summed E-state index contributed by atoms with van der Waals surface area (Å²) in [6, 6.07) is 0. The van der Waals surface area contributed by atoms with Crippen LogP contribution >= 0.6 is 22.6 Å². The van der Waals surface area contributed by atoms with Gasteiger partial charge in [-0.2, -0.15) is 0 Å². The van der Waals surface area contributed by atoms with Gasteiger partial charge in [-0.3, -0.25) is 10.1 Å². The molecule has 0 aliphatic rings. The van der Waals surface area contributed by atoms with Gasteiger partial charge in [-0.15, -0.1) is 13.2 Å². The summed E-state index contributed by atoms with van der Waals surface area (Å²) in [6.07, 6.45) is -4.11. The van der Waals surface area contributed by atoms with Gasteiger partial charge in [0.25, 0.3) is 11.6 Å². The quantitative estimate of drug-likeness (QED) is 0.468. The van der Waals surface area contributed by atoms with Crippen LogP contribution in [-0.2, 0) is 0 Å². The fourth-order valence-electron chi connectivity index (χ4n) is 0.981. The van der Waals surface area contributed by atoms with Crippen LogP contribution in [0.3, 0.4) is 0 Å². The fourth-order valence-corrected chi connectivity index (χ4v) is 1.56. The standard InChI is InChI=1S/C7H4F3IN2O4/c1-16-5-4(13(14)15)3(11)2-12-6(5)17-7(8,9)10/h2H,1H3. The second-order valence-electron chi connectivity index (χ2n) is 2.60. The maximum atomic E-state index is 12.0. The SMILES string of the molecule is COc1c(OC(F)(F)F)ncc(I)c1[N+](=O)[O-]. The van der Waals surface area contributed by atoms with E-state index in [2.05, 4.69) is 14.5 Å². The van der Waals surface area contributed by atoms with Gasteiger partial charge in [-0.25, -0.2) is 4.98 Å². The average molecular weight is 364 g/mol. The van der Waals surface area contributed by atoms with Crippen molar-refractivity contribution in [1.29, 1.82) is 0 Å². The minimum atomic E-state index is -5.00. The molecular formula is C7H4F3IN2O4. The Hall–Kier alpha value is -1.33. The number of hydrogen-bond donors (Lipinski definition) is 0. The normalized spacial score (nSPS) is 11.1. The van der Waals surface area contributed by atoms with Crippen LogP contribution in [-0.4, -0.2) is 23.4 Å². The molecule has 0 aliphatic heterocycles. The highest BCUT2D eigenvalue weighted by Gasteiger charge is 2.36. The summed E-state index contributed by atoms with van der Waals surface area (Å²) in [5.41, 5.74) is -0.623. The summed E-state index contributed by atoms with van der Waals surface area (Å²) in [4.78, 5) is 13.1. The lowest BCUT2D eigenvalue weighted by molar-refractivity contribution is -0.387. The van der Waals surface area contributed by atoms with Gasteiger partial charge in [-0.05, 0) is 22.6 Å². The number of pyridine rings is 1. The number of halogens is 4. The Morgan fingerprint density at radius 3 is 2.53 bits per heavy atom. The molecule has 0 radical (unpaired) electrons. The number of hydrogen-bond acceptors (Lipinski definition) is 5. The molecule has 0 atom stereocenters. The second kappa shape index (κ2) is 4.89. The van der Waals surface area contributed by atoms with Crippen LogP contribution < -0.4 is 9.47 Å². The molecule has 94 valence electrons. The van der Waals surface area contributed by atoms with Crippen molar-refractivity contribution in [3.63, 3.8) is 0 Å². The fraction of sp³-hybridized carbons (Fsp3) is 0.286. The summed E-state index contributed by atoms with van der Waals surface area (Å²) >= 11 is 1.56. The lowest BCUT2D eigenvalue weighted by atomic mass is 10.4. The van der Waals surface area contributed by atoms with Crippen LogP contribution in [0.2, 0.25) is 0 Å². The molecule has 0 saturated carbocycles. The molecule has 0 fully saturated rings. The predicted molar refractivity (Wildman–Crippen MR) is 56.8 cm³/mol. The second-order valence-corrected chi connectivity index (χ2v) is 3.76. The van der Waals surface area contributed by atoms with Gasteiger partial charge in [-0.1, -0.05) is 0 Å². The van der Waals surface area contributed by atoms with Gasteiger partial charge in [0.15, 0.2) is 0 Å². The Morgan fingerprint density at radius 2 is 2.12 bits per heavy atom. The van der Waals surface area contributed by atoms with E-state index < -0.39 is 28.6 Å². The van der Waals surface area contributed by atoms with Crippen molar-refractivity contribution in [2.24, 2.45) is 0 Å². The van der Waals surface area contributed by atoms with Crippen molar-refractivity contribution < 1.29 is 27.6 Å². The molecule has 0 N–H and O–H groups in total. The molecule has 1 rings (SSSR count). The van der Waals surface area contributed by atoms with Crippen molar-refractivity contribution in [2.45, 2.75) is 6.36 Å². The minimum absolute atomic E-state index is 0.0407. The Morgan fingerprint density at radius 1 is 1.53 bits per heavy atom. The summed E-state index contributed by atoms with van der Waals surface area (Å²) in [7, 11) is 0.989. The van der Waals surface area contributed by atoms with E-state index in [0.717, 1.165) is 13.3 Å². The molecule has 0 amide bonds. The number of aromatic nitrogens is 1. The monoisotopic (exact) mass is 364 g/mol. The molecule has 0 bridgehead atoms. The van der Waals surface area contributed by atoms with Crippen LogP contribution in [0.25, 0.3) is 0 Å². The summed E-state index contributed by atoms with van der Waals surface area (Å²) < 4.78 is 44.1. The summed E-state index contributed by atoms with van der Waals surface area (Å²) in [6.45, 7) is 0. The molecule has 0 saturated heterocycles. The van der Waals surface area contributed by atoms with E-state index >= 15 is 0 Å². The highest BCUT2D eigenvalue weighted by atomic mass is 127. The molecule has 1 heterocycles. The number of methoxy groups -OCH3 is 1. The molecule has 0 unspecified atom stereocenters. The maximum absolute atomic E-state index is 12.0. The van der Waals surface area contributed by atoms with Gasteiger partial charge in [0, 0.05) is 0 Å². The molecule has 17 heavy (non-hydrogen) atoms. The van der Waals surface area contributed by atoms with Gasteiger partial charge in [0.2, 0.25) is 0 Å². The van der Waals surface area contributed by atoms with Gasteiger partial charge < -0.3 is 9.47 Å². The Kier molecular flexibility index (Phi) is 3.95. The van der Waals surface area contributed by atoms with E-state index in [1.165, 1.54) is 0 Å². The molecule has 0 aliphatic carbocycles. The number of nitro groups is 1. The lowest BCUT2D eigenvalue weighted by Crippen LogP contribution is -2.19. The van der Waals surface area contributed by atoms with Gasteiger partial charge in [0.1, 0.15) is 3.57 Å². The van der Waals surface area contributed by atoms with E-state index in [9.17, 15) is 23.3 Å². The van der Waals surface area contributed by atoms with E-state index in [1.54, 1.807) is 22.6 Å². The topological polar surface area (TPSA) is 74.5 Å². The first kappa shape index (κ1) is 13.7. The van der Waals surface area contributed by atoms with E-state index in [1.807, 2.05) is 0 Å². The summed E-state index contributed by atoms with van der Waals surface area (Å²) in [5.74, 6) is -1.66. The molecule has 1 aromatic heterocycles. The van der Waals surface area contributed by atoms with E-state index in [4.69, 9.17) is 0 Å². The van der Waals surface area contributed by atoms with Crippen molar-refractivity contribution in [2.75, 3.05) is 7.11 Å². The van der Waals surface area contributed by atoms with Crippen LogP contribution in [0.1, 0.15) is 0 Å². The average Bonchev–Trinajstić information content (AvgIpc) is 2.17. The zero-order chi connectivity index (χ0) is 13.2. The largest absolute Gasteiger partial charge is 0.574 e. The molecule has 0 aromatic carbocycles. The van der Waals surface area contributed by atoms with Crippen LogP contribution in [0.15, 0.2) is 6.20 Å². The van der Waals surface area contributed by atoms with Crippen LogP contribution in [0.5, 0.6) is 11.6 Å². The number of rotatable bonds is 3. The van der Waals surface area contributed by atoms with Crippen molar-refractivity contribution >= 4 is 28.3 Å². The molecular weight excluding hydrogens is 360 g/mol. The minimum Gasteiger partial charge on any atom is -0.486 e. The predicted octanol–water partition coefficient (Wildman–Crippen LogP) is 2.50. The maximum Gasteiger partial charge on any atom is 0.574 e. The first-order chi connectivity index (χ1) is 7.76. The third kappa shape index (κ3) is 3.31. The molecule has 0 spiro atoms. The number of ether oxygens (including phenoxy) is 2. The first-order valence-electron chi connectivity index (χ1n) is 3.89. The van der Waals surface area contributed by atoms with Crippen molar-refractivity contribution in [1.82, 2.24) is 4.98 Å². The van der Waals surface area contributed by atoms with Crippen LogP contribution in [0.4, 0.5) is 18.9 Å². The smallest absolute Gasteiger partial charge is 0.486 e. The number of nitrogens with zero attached hydrogens (tertiary/aromatic N) is 2. The Balaban J connectivity index is 3.33. The molecule has 6 nitrogen and oxygen atoms in total. The van der Waals surface area contributed by atoms with Gasteiger partial charge >= 0.3 is 12.0 Å². The molecule has 1 aromatic rings.